The van der Waals surface area contributed by atoms with Gasteiger partial charge in [0, 0.05) is 5.92 Å². The molecule has 2 rings (SSSR count). The molecule has 0 fully saturated rings. The number of hydrogen-bond donors (Lipinski definition) is 1. The molecular formula is C18H23NO. The van der Waals surface area contributed by atoms with Gasteiger partial charge in [-0.25, -0.2) is 0 Å². The SMILES string of the molecule is COc1ccccc1C(CN)Cc1cc(C)ccc1C. The van der Waals surface area contributed by atoms with Gasteiger partial charge in [-0.15, -0.1) is 0 Å². The van der Waals surface area contributed by atoms with Crippen LogP contribution < -0.4 is 10.5 Å². The van der Waals surface area contributed by atoms with Crippen LogP contribution in [0, 0.1) is 13.8 Å². The third-order valence-corrected chi connectivity index (χ3v) is 3.83. The number of benzene rings is 2. The van der Waals surface area contributed by atoms with E-state index in [4.69, 9.17) is 10.5 Å². The van der Waals surface area contributed by atoms with E-state index in [1.165, 1.54) is 22.3 Å². The first kappa shape index (κ1) is 14.6. The number of methoxy groups -OCH3 is 1. The molecule has 0 aromatic heterocycles. The van der Waals surface area contributed by atoms with Crippen LogP contribution in [-0.2, 0) is 6.42 Å². The molecule has 20 heavy (non-hydrogen) atoms. The molecule has 2 N–H and O–H groups in total. The van der Waals surface area contributed by atoms with Crippen molar-refractivity contribution in [1.82, 2.24) is 0 Å². The summed E-state index contributed by atoms with van der Waals surface area (Å²) in [5.74, 6) is 1.21. The smallest absolute Gasteiger partial charge is 0.122 e. The highest BCUT2D eigenvalue weighted by molar-refractivity contribution is 5.39. The quantitative estimate of drug-likeness (QED) is 0.900. The lowest BCUT2D eigenvalue weighted by atomic mass is 9.89. The van der Waals surface area contributed by atoms with Gasteiger partial charge in [0.1, 0.15) is 5.75 Å². The lowest BCUT2D eigenvalue weighted by Crippen LogP contribution is -2.16. The van der Waals surface area contributed by atoms with E-state index < -0.39 is 0 Å². The molecule has 1 unspecified atom stereocenters. The second-order valence-corrected chi connectivity index (χ2v) is 5.31. The van der Waals surface area contributed by atoms with Crippen LogP contribution in [0.3, 0.4) is 0 Å². The standard InChI is InChI=1S/C18H23NO/c1-13-8-9-14(2)15(10-13)11-16(12-19)17-6-4-5-7-18(17)20-3/h4-10,16H,11-12,19H2,1-3H3. The van der Waals surface area contributed by atoms with Crippen molar-refractivity contribution < 1.29 is 4.74 Å². The average Bonchev–Trinajstić information content (AvgIpc) is 2.48. The van der Waals surface area contributed by atoms with Crippen LogP contribution in [-0.4, -0.2) is 13.7 Å². The molecule has 0 spiro atoms. The van der Waals surface area contributed by atoms with E-state index in [1.807, 2.05) is 18.2 Å². The summed E-state index contributed by atoms with van der Waals surface area (Å²) in [5.41, 5.74) is 11.2. The monoisotopic (exact) mass is 269 g/mol. The fourth-order valence-electron chi connectivity index (χ4n) is 2.61. The predicted molar refractivity (Wildman–Crippen MR) is 84.4 cm³/mol. The van der Waals surface area contributed by atoms with Gasteiger partial charge in [-0.1, -0.05) is 42.0 Å². The average molecular weight is 269 g/mol. The largest absolute Gasteiger partial charge is 0.496 e. The van der Waals surface area contributed by atoms with E-state index in [2.05, 4.69) is 38.1 Å². The minimum absolute atomic E-state index is 0.284. The van der Waals surface area contributed by atoms with Crippen molar-refractivity contribution >= 4 is 0 Å². The van der Waals surface area contributed by atoms with Crippen molar-refractivity contribution in [1.29, 1.82) is 0 Å². The molecule has 2 aromatic carbocycles. The minimum Gasteiger partial charge on any atom is -0.496 e. The maximum atomic E-state index is 6.01. The Morgan fingerprint density at radius 1 is 1.10 bits per heavy atom. The Morgan fingerprint density at radius 2 is 1.85 bits per heavy atom. The number of para-hydroxylation sites is 1. The van der Waals surface area contributed by atoms with Crippen molar-refractivity contribution in [2.24, 2.45) is 5.73 Å². The Morgan fingerprint density at radius 3 is 2.55 bits per heavy atom. The molecule has 0 radical (unpaired) electrons. The first-order valence-electron chi connectivity index (χ1n) is 7.04. The fraction of sp³-hybridized carbons (Fsp3) is 0.333. The number of rotatable bonds is 5. The van der Waals surface area contributed by atoms with Gasteiger partial charge in [-0.2, -0.15) is 0 Å². The number of aryl methyl sites for hydroxylation is 2. The third kappa shape index (κ3) is 3.20. The summed E-state index contributed by atoms with van der Waals surface area (Å²) in [6.45, 7) is 4.90. The fourth-order valence-corrected chi connectivity index (χ4v) is 2.61. The topological polar surface area (TPSA) is 35.2 Å². The summed E-state index contributed by atoms with van der Waals surface area (Å²) in [4.78, 5) is 0. The highest BCUT2D eigenvalue weighted by Gasteiger charge is 2.16. The number of hydrogen-bond acceptors (Lipinski definition) is 2. The van der Waals surface area contributed by atoms with Crippen LogP contribution in [0.2, 0.25) is 0 Å². The van der Waals surface area contributed by atoms with Crippen molar-refractivity contribution in [2.45, 2.75) is 26.2 Å². The summed E-state index contributed by atoms with van der Waals surface area (Å²) in [6, 6.07) is 14.7. The normalized spacial score (nSPS) is 12.2. The van der Waals surface area contributed by atoms with Gasteiger partial charge in [-0.3, -0.25) is 0 Å². The van der Waals surface area contributed by atoms with Crippen LogP contribution in [0.25, 0.3) is 0 Å². The lowest BCUT2D eigenvalue weighted by Gasteiger charge is -2.19. The van der Waals surface area contributed by atoms with Crippen LogP contribution in [0.4, 0.5) is 0 Å². The Kier molecular flexibility index (Phi) is 4.80. The van der Waals surface area contributed by atoms with Crippen molar-refractivity contribution in [3.63, 3.8) is 0 Å². The van der Waals surface area contributed by atoms with Crippen LogP contribution in [0.15, 0.2) is 42.5 Å². The van der Waals surface area contributed by atoms with Gasteiger partial charge >= 0.3 is 0 Å². The third-order valence-electron chi connectivity index (χ3n) is 3.83. The first-order chi connectivity index (χ1) is 9.65. The summed E-state index contributed by atoms with van der Waals surface area (Å²) in [6.07, 6.45) is 0.949. The van der Waals surface area contributed by atoms with E-state index in [-0.39, 0.29) is 5.92 Å². The Hall–Kier alpha value is -1.80. The van der Waals surface area contributed by atoms with Crippen molar-refractivity contribution in [3.8, 4) is 5.75 Å². The van der Waals surface area contributed by atoms with Crippen molar-refractivity contribution in [2.75, 3.05) is 13.7 Å². The second kappa shape index (κ2) is 6.58. The number of ether oxygens (including phenoxy) is 1. The van der Waals surface area contributed by atoms with E-state index in [0.717, 1.165) is 12.2 Å². The van der Waals surface area contributed by atoms with E-state index >= 15 is 0 Å². The van der Waals surface area contributed by atoms with Gasteiger partial charge in [0.25, 0.3) is 0 Å². The molecule has 0 bridgehead atoms. The molecule has 0 aliphatic carbocycles. The molecular weight excluding hydrogens is 246 g/mol. The molecule has 0 aliphatic rings. The number of nitrogens with two attached hydrogens (primary N) is 1. The van der Waals surface area contributed by atoms with Gasteiger partial charge in [-0.05, 0) is 49.6 Å². The van der Waals surface area contributed by atoms with Crippen LogP contribution in [0.5, 0.6) is 5.75 Å². The van der Waals surface area contributed by atoms with Crippen LogP contribution in [0.1, 0.15) is 28.2 Å². The first-order valence-corrected chi connectivity index (χ1v) is 7.04. The van der Waals surface area contributed by atoms with Gasteiger partial charge in [0.15, 0.2) is 0 Å². The predicted octanol–water partition coefficient (Wildman–Crippen LogP) is 3.60. The summed E-state index contributed by atoms with van der Waals surface area (Å²) >= 11 is 0. The minimum atomic E-state index is 0.284. The zero-order valence-corrected chi connectivity index (χ0v) is 12.5. The highest BCUT2D eigenvalue weighted by atomic mass is 16.5. The van der Waals surface area contributed by atoms with Gasteiger partial charge in [0.05, 0.1) is 7.11 Å². The molecule has 0 amide bonds. The van der Waals surface area contributed by atoms with Crippen molar-refractivity contribution in [3.05, 3.63) is 64.7 Å². The summed E-state index contributed by atoms with van der Waals surface area (Å²) in [7, 11) is 1.71. The molecule has 2 heteroatoms. The molecule has 2 aromatic rings. The van der Waals surface area contributed by atoms with E-state index in [1.54, 1.807) is 7.11 Å². The van der Waals surface area contributed by atoms with E-state index in [0.29, 0.717) is 6.54 Å². The maximum absolute atomic E-state index is 6.01. The molecule has 0 saturated heterocycles. The maximum Gasteiger partial charge on any atom is 0.122 e. The molecule has 106 valence electrons. The highest BCUT2D eigenvalue weighted by Crippen LogP contribution is 2.29. The van der Waals surface area contributed by atoms with Gasteiger partial charge in [0.2, 0.25) is 0 Å². The molecule has 1 atom stereocenters. The van der Waals surface area contributed by atoms with Gasteiger partial charge < -0.3 is 10.5 Å². The molecule has 2 nitrogen and oxygen atoms in total. The van der Waals surface area contributed by atoms with Crippen LogP contribution >= 0.6 is 0 Å². The summed E-state index contributed by atoms with van der Waals surface area (Å²) in [5, 5.41) is 0. The zero-order chi connectivity index (χ0) is 14.5. The second-order valence-electron chi connectivity index (χ2n) is 5.31. The lowest BCUT2D eigenvalue weighted by molar-refractivity contribution is 0.405. The Balaban J connectivity index is 2.31. The molecule has 0 heterocycles. The molecule has 0 saturated carbocycles. The molecule has 0 aliphatic heterocycles. The Bertz CT molecular complexity index is 577. The summed E-state index contributed by atoms with van der Waals surface area (Å²) < 4.78 is 5.46. The Labute approximate surface area is 121 Å². The van der Waals surface area contributed by atoms with E-state index in [9.17, 15) is 0 Å². The zero-order valence-electron chi connectivity index (χ0n) is 12.5.